The van der Waals surface area contributed by atoms with Crippen molar-refractivity contribution >= 4 is 16.9 Å². The van der Waals surface area contributed by atoms with Gasteiger partial charge in [0.15, 0.2) is 5.65 Å². The molecule has 0 aliphatic carbocycles. The van der Waals surface area contributed by atoms with Crippen molar-refractivity contribution in [3.05, 3.63) is 58.4 Å². The topological polar surface area (TPSA) is 63.1 Å². The molecule has 1 amide bonds. The zero-order valence-electron chi connectivity index (χ0n) is 18.4. The highest BCUT2D eigenvalue weighted by Gasteiger charge is 2.19. The summed E-state index contributed by atoms with van der Waals surface area (Å²) in [5.41, 5.74) is 5.50. The van der Waals surface area contributed by atoms with Gasteiger partial charge < -0.3 is 5.32 Å². The summed E-state index contributed by atoms with van der Waals surface area (Å²) >= 11 is 0. The van der Waals surface area contributed by atoms with Crippen LogP contribution < -0.4 is 5.32 Å². The molecule has 3 aromatic rings. The first-order valence-corrected chi connectivity index (χ1v) is 10.8. The molecule has 0 spiro atoms. The van der Waals surface area contributed by atoms with Crippen molar-refractivity contribution in [1.29, 1.82) is 0 Å². The number of amides is 1. The predicted octanol–water partition coefficient (Wildman–Crippen LogP) is 3.75. The molecule has 0 saturated carbocycles. The van der Waals surface area contributed by atoms with Gasteiger partial charge in [0.25, 0.3) is 5.91 Å². The van der Waals surface area contributed by atoms with E-state index >= 15 is 0 Å². The first-order valence-electron chi connectivity index (χ1n) is 10.8. The highest BCUT2D eigenvalue weighted by Crippen LogP contribution is 2.22. The van der Waals surface area contributed by atoms with Crippen LogP contribution in [0, 0.1) is 19.8 Å². The average molecular weight is 406 g/mol. The van der Waals surface area contributed by atoms with Gasteiger partial charge in [0.1, 0.15) is 0 Å². The van der Waals surface area contributed by atoms with Gasteiger partial charge in [-0.3, -0.25) is 14.4 Å². The van der Waals surface area contributed by atoms with E-state index in [1.807, 2.05) is 33.0 Å². The summed E-state index contributed by atoms with van der Waals surface area (Å²) in [7, 11) is 1.86. The molecule has 0 radical (unpaired) electrons. The normalized spacial score (nSPS) is 15.6. The second kappa shape index (κ2) is 8.56. The number of piperidine rings is 1. The molecular formula is C24H31N5O. The summed E-state index contributed by atoms with van der Waals surface area (Å²) in [5.74, 6) is 0.746. The number of carbonyl (C=O) groups is 1. The van der Waals surface area contributed by atoms with Crippen molar-refractivity contribution < 1.29 is 4.79 Å². The van der Waals surface area contributed by atoms with E-state index in [2.05, 4.69) is 45.4 Å². The Hall–Kier alpha value is -2.73. The van der Waals surface area contributed by atoms with Crippen LogP contribution in [-0.2, 0) is 20.1 Å². The standard InChI is InChI=1S/C24H31N5O/c1-16-9-11-29(12-10-16)15-20-8-6-5-7-19(20)14-25-24(30)21-13-17(2)26-23-22(21)18(3)27-28(23)4/h5-8,13,16H,9-12,14-15H2,1-4H3,(H,25,30). The maximum Gasteiger partial charge on any atom is 0.252 e. The van der Waals surface area contributed by atoms with Gasteiger partial charge in [0, 0.05) is 25.8 Å². The Morgan fingerprint density at radius 2 is 1.87 bits per heavy atom. The second-order valence-corrected chi connectivity index (χ2v) is 8.63. The molecule has 1 saturated heterocycles. The highest BCUT2D eigenvalue weighted by atomic mass is 16.1. The van der Waals surface area contributed by atoms with E-state index in [-0.39, 0.29) is 5.91 Å². The van der Waals surface area contributed by atoms with Gasteiger partial charge in [-0.2, -0.15) is 5.10 Å². The molecule has 4 rings (SSSR count). The Labute approximate surface area is 178 Å². The third-order valence-corrected chi connectivity index (χ3v) is 6.17. The van der Waals surface area contributed by atoms with Crippen LogP contribution in [0.5, 0.6) is 0 Å². The molecule has 6 heteroatoms. The minimum atomic E-state index is -0.0804. The molecule has 0 atom stereocenters. The lowest BCUT2D eigenvalue weighted by atomic mass is 9.98. The fourth-order valence-electron chi connectivity index (χ4n) is 4.37. The number of carbonyl (C=O) groups excluding carboxylic acids is 1. The number of hydrogen-bond acceptors (Lipinski definition) is 4. The van der Waals surface area contributed by atoms with Gasteiger partial charge >= 0.3 is 0 Å². The van der Waals surface area contributed by atoms with Gasteiger partial charge in [-0.25, -0.2) is 4.98 Å². The number of hydrogen-bond donors (Lipinski definition) is 1. The first-order chi connectivity index (χ1) is 14.4. The van der Waals surface area contributed by atoms with Crippen LogP contribution in [0.4, 0.5) is 0 Å². The number of fused-ring (bicyclic) bond motifs is 1. The largest absolute Gasteiger partial charge is 0.348 e. The minimum Gasteiger partial charge on any atom is -0.348 e. The molecule has 0 bridgehead atoms. The van der Waals surface area contributed by atoms with E-state index in [0.717, 1.165) is 48.0 Å². The molecule has 1 aromatic carbocycles. The number of pyridine rings is 1. The maximum atomic E-state index is 13.1. The smallest absolute Gasteiger partial charge is 0.252 e. The summed E-state index contributed by atoms with van der Waals surface area (Å²) < 4.78 is 1.74. The van der Waals surface area contributed by atoms with Crippen LogP contribution in [0.3, 0.4) is 0 Å². The third kappa shape index (κ3) is 4.24. The predicted molar refractivity (Wildman–Crippen MR) is 119 cm³/mol. The molecular weight excluding hydrogens is 374 g/mol. The summed E-state index contributed by atoms with van der Waals surface area (Å²) in [6.07, 6.45) is 2.53. The molecule has 158 valence electrons. The Balaban J connectivity index is 1.51. The SMILES string of the molecule is Cc1cc(C(=O)NCc2ccccc2CN2CCC(C)CC2)c2c(C)nn(C)c2n1. The fraction of sp³-hybridized carbons (Fsp3) is 0.458. The van der Waals surface area contributed by atoms with E-state index in [9.17, 15) is 4.79 Å². The van der Waals surface area contributed by atoms with E-state index in [1.165, 1.54) is 24.0 Å². The quantitative estimate of drug-likeness (QED) is 0.702. The van der Waals surface area contributed by atoms with E-state index in [4.69, 9.17) is 0 Å². The van der Waals surface area contributed by atoms with Gasteiger partial charge in [-0.05, 0) is 62.9 Å². The van der Waals surface area contributed by atoms with Crippen molar-refractivity contribution in [3.8, 4) is 0 Å². The third-order valence-electron chi connectivity index (χ3n) is 6.17. The number of benzene rings is 1. The van der Waals surface area contributed by atoms with Crippen molar-refractivity contribution in [3.63, 3.8) is 0 Å². The number of likely N-dealkylation sites (tertiary alicyclic amines) is 1. The molecule has 0 unspecified atom stereocenters. The second-order valence-electron chi connectivity index (χ2n) is 8.63. The van der Waals surface area contributed by atoms with Crippen LogP contribution in [0.1, 0.15) is 52.6 Å². The van der Waals surface area contributed by atoms with Crippen LogP contribution >= 0.6 is 0 Å². The van der Waals surface area contributed by atoms with Crippen LogP contribution in [0.2, 0.25) is 0 Å². The molecule has 30 heavy (non-hydrogen) atoms. The molecule has 1 aliphatic rings. The lowest BCUT2D eigenvalue weighted by Gasteiger charge is -2.30. The number of rotatable bonds is 5. The van der Waals surface area contributed by atoms with E-state index < -0.39 is 0 Å². The monoisotopic (exact) mass is 405 g/mol. The minimum absolute atomic E-state index is 0.0804. The first kappa shape index (κ1) is 20.5. The Bertz CT molecular complexity index is 1060. The lowest BCUT2D eigenvalue weighted by molar-refractivity contribution is 0.0952. The zero-order chi connectivity index (χ0) is 21.3. The van der Waals surface area contributed by atoms with Crippen molar-refractivity contribution in [2.45, 2.75) is 46.7 Å². The Kier molecular flexibility index (Phi) is 5.86. The summed E-state index contributed by atoms with van der Waals surface area (Å²) in [5, 5.41) is 8.41. The number of nitrogens with zero attached hydrogens (tertiary/aromatic N) is 4. The van der Waals surface area contributed by atoms with E-state index in [0.29, 0.717) is 12.1 Å². The van der Waals surface area contributed by atoms with Gasteiger partial charge in [0.05, 0.1) is 16.6 Å². The van der Waals surface area contributed by atoms with Gasteiger partial charge in [-0.15, -0.1) is 0 Å². The maximum absolute atomic E-state index is 13.1. The lowest BCUT2D eigenvalue weighted by Crippen LogP contribution is -2.33. The fourth-order valence-corrected chi connectivity index (χ4v) is 4.37. The van der Waals surface area contributed by atoms with Gasteiger partial charge in [0.2, 0.25) is 0 Å². The molecule has 3 heterocycles. The molecule has 1 aliphatic heterocycles. The summed E-state index contributed by atoms with van der Waals surface area (Å²) in [4.78, 5) is 20.2. The van der Waals surface area contributed by atoms with Crippen LogP contribution in [0.25, 0.3) is 11.0 Å². The number of aromatic nitrogens is 3. The van der Waals surface area contributed by atoms with Crippen molar-refractivity contribution in [2.24, 2.45) is 13.0 Å². The zero-order valence-corrected chi connectivity index (χ0v) is 18.4. The Morgan fingerprint density at radius 3 is 2.60 bits per heavy atom. The Morgan fingerprint density at radius 1 is 1.17 bits per heavy atom. The number of aryl methyl sites for hydroxylation is 3. The van der Waals surface area contributed by atoms with Gasteiger partial charge in [-0.1, -0.05) is 31.2 Å². The van der Waals surface area contributed by atoms with Crippen molar-refractivity contribution in [2.75, 3.05) is 13.1 Å². The van der Waals surface area contributed by atoms with Crippen molar-refractivity contribution in [1.82, 2.24) is 25.0 Å². The summed E-state index contributed by atoms with van der Waals surface area (Å²) in [6, 6.07) is 10.3. The number of nitrogens with one attached hydrogen (secondary N) is 1. The van der Waals surface area contributed by atoms with Crippen LogP contribution in [-0.4, -0.2) is 38.7 Å². The highest BCUT2D eigenvalue weighted by molar-refractivity contribution is 6.06. The average Bonchev–Trinajstić information content (AvgIpc) is 3.01. The molecule has 1 fully saturated rings. The molecule has 1 N–H and O–H groups in total. The van der Waals surface area contributed by atoms with Crippen LogP contribution in [0.15, 0.2) is 30.3 Å². The van der Waals surface area contributed by atoms with E-state index in [1.54, 1.807) is 4.68 Å². The molecule has 2 aromatic heterocycles. The molecule has 6 nitrogen and oxygen atoms in total. The summed E-state index contributed by atoms with van der Waals surface area (Å²) in [6.45, 7) is 9.92.